The number of methoxy groups -OCH3 is 1. The number of amides is 1. The first-order chi connectivity index (χ1) is 7.70. The molecule has 2 rings (SSSR count). The highest BCUT2D eigenvalue weighted by atomic mass is 16.5. The quantitative estimate of drug-likeness (QED) is 0.821. The predicted molar refractivity (Wildman–Crippen MR) is 62.7 cm³/mol. The van der Waals surface area contributed by atoms with E-state index < -0.39 is 0 Å². The number of rotatable bonds is 4. The van der Waals surface area contributed by atoms with E-state index in [-0.39, 0.29) is 5.91 Å². The van der Waals surface area contributed by atoms with Crippen LogP contribution < -0.4 is 15.4 Å². The van der Waals surface area contributed by atoms with Gasteiger partial charge in [-0.05, 0) is 30.2 Å². The number of carbonyl (C=O) groups excluding carboxylic acids is 1. The summed E-state index contributed by atoms with van der Waals surface area (Å²) in [5.74, 6) is 0.637. The molecule has 16 heavy (non-hydrogen) atoms. The Balaban J connectivity index is 2.11. The molecule has 2 N–H and O–H groups in total. The second-order valence-corrected chi connectivity index (χ2v) is 3.95. The Morgan fingerprint density at radius 2 is 2.38 bits per heavy atom. The lowest BCUT2D eigenvalue weighted by atomic mass is 10.1. The SMILES string of the molecule is COc1ccc2c(c1)CCN2CCC(N)=O. The zero-order valence-electron chi connectivity index (χ0n) is 9.40. The highest BCUT2D eigenvalue weighted by molar-refractivity contribution is 5.74. The normalized spacial score (nSPS) is 13.7. The van der Waals surface area contributed by atoms with E-state index in [1.807, 2.05) is 12.1 Å². The molecule has 86 valence electrons. The van der Waals surface area contributed by atoms with E-state index in [0.29, 0.717) is 13.0 Å². The van der Waals surface area contributed by atoms with Crippen LogP contribution in [-0.4, -0.2) is 26.1 Å². The Labute approximate surface area is 95.0 Å². The van der Waals surface area contributed by atoms with Gasteiger partial charge in [0, 0.05) is 25.2 Å². The third-order valence-electron chi connectivity index (χ3n) is 2.91. The van der Waals surface area contributed by atoms with Gasteiger partial charge in [-0.3, -0.25) is 4.79 Å². The molecule has 1 aromatic rings. The van der Waals surface area contributed by atoms with Crippen LogP contribution in [0.3, 0.4) is 0 Å². The summed E-state index contributed by atoms with van der Waals surface area (Å²) in [6.45, 7) is 1.66. The highest BCUT2D eigenvalue weighted by Crippen LogP contribution is 2.31. The molecule has 1 amide bonds. The maximum atomic E-state index is 10.7. The summed E-state index contributed by atoms with van der Waals surface area (Å²) in [6.07, 6.45) is 1.41. The summed E-state index contributed by atoms with van der Waals surface area (Å²) in [5.41, 5.74) is 7.63. The molecule has 0 bridgehead atoms. The van der Waals surface area contributed by atoms with Crippen LogP contribution in [0.2, 0.25) is 0 Å². The molecule has 1 aliphatic heterocycles. The first-order valence-corrected chi connectivity index (χ1v) is 5.41. The third-order valence-corrected chi connectivity index (χ3v) is 2.91. The van der Waals surface area contributed by atoms with Crippen LogP contribution in [0.25, 0.3) is 0 Å². The number of hydrogen-bond acceptors (Lipinski definition) is 3. The number of primary amides is 1. The van der Waals surface area contributed by atoms with Gasteiger partial charge in [-0.2, -0.15) is 0 Å². The standard InChI is InChI=1S/C12H16N2O2/c1-16-10-2-3-11-9(8-10)4-6-14(11)7-5-12(13)15/h2-3,8H,4-7H2,1H3,(H2,13,15). The molecule has 0 aromatic heterocycles. The van der Waals surface area contributed by atoms with Gasteiger partial charge in [0.1, 0.15) is 5.75 Å². The van der Waals surface area contributed by atoms with Crippen LogP contribution in [0.15, 0.2) is 18.2 Å². The second-order valence-electron chi connectivity index (χ2n) is 3.95. The largest absolute Gasteiger partial charge is 0.497 e. The Bertz CT molecular complexity index is 404. The minimum Gasteiger partial charge on any atom is -0.497 e. The number of nitrogens with zero attached hydrogens (tertiary/aromatic N) is 1. The fourth-order valence-electron chi connectivity index (χ4n) is 2.05. The van der Waals surface area contributed by atoms with Gasteiger partial charge in [0.05, 0.1) is 7.11 Å². The number of fused-ring (bicyclic) bond motifs is 1. The van der Waals surface area contributed by atoms with Gasteiger partial charge in [0.25, 0.3) is 0 Å². The molecular weight excluding hydrogens is 204 g/mol. The van der Waals surface area contributed by atoms with Crippen LogP contribution >= 0.6 is 0 Å². The number of hydrogen-bond donors (Lipinski definition) is 1. The predicted octanol–water partition coefficient (Wildman–Crippen LogP) is 0.933. The highest BCUT2D eigenvalue weighted by Gasteiger charge is 2.19. The average Bonchev–Trinajstić information content (AvgIpc) is 2.68. The molecule has 0 atom stereocenters. The Kier molecular flexibility index (Phi) is 2.99. The van der Waals surface area contributed by atoms with Gasteiger partial charge in [0.15, 0.2) is 0 Å². The molecule has 1 aromatic carbocycles. The van der Waals surface area contributed by atoms with Crippen LogP contribution in [0.1, 0.15) is 12.0 Å². The lowest BCUT2D eigenvalue weighted by Gasteiger charge is -2.18. The van der Waals surface area contributed by atoms with E-state index in [1.54, 1.807) is 7.11 Å². The van der Waals surface area contributed by atoms with Crippen molar-refractivity contribution >= 4 is 11.6 Å². The van der Waals surface area contributed by atoms with Crippen molar-refractivity contribution in [1.82, 2.24) is 0 Å². The first kappa shape index (κ1) is 10.8. The van der Waals surface area contributed by atoms with E-state index in [1.165, 1.54) is 11.3 Å². The van der Waals surface area contributed by atoms with Crippen molar-refractivity contribution in [2.45, 2.75) is 12.8 Å². The topological polar surface area (TPSA) is 55.6 Å². The molecule has 4 heteroatoms. The number of carbonyl (C=O) groups is 1. The van der Waals surface area contributed by atoms with Crippen molar-refractivity contribution in [1.29, 1.82) is 0 Å². The number of anilines is 1. The molecule has 0 saturated heterocycles. The van der Waals surface area contributed by atoms with Crippen LogP contribution in [0, 0.1) is 0 Å². The fourth-order valence-corrected chi connectivity index (χ4v) is 2.05. The smallest absolute Gasteiger partial charge is 0.219 e. The summed E-state index contributed by atoms with van der Waals surface area (Å²) in [4.78, 5) is 12.9. The van der Waals surface area contributed by atoms with Gasteiger partial charge >= 0.3 is 0 Å². The Morgan fingerprint density at radius 3 is 3.06 bits per heavy atom. The maximum Gasteiger partial charge on any atom is 0.219 e. The maximum absolute atomic E-state index is 10.7. The minimum absolute atomic E-state index is 0.248. The van der Waals surface area contributed by atoms with E-state index in [4.69, 9.17) is 10.5 Å². The van der Waals surface area contributed by atoms with Gasteiger partial charge in [-0.1, -0.05) is 0 Å². The number of benzene rings is 1. The van der Waals surface area contributed by atoms with E-state index >= 15 is 0 Å². The van der Waals surface area contributed by atoms with Crippen LogP contribution in [-0.2, 0) is 11.2 Å². The molecule has 1 heterocycles. The molecule has 0 unspecified atom stereocenters. The second kappa shape index (κ2) is 4.43. The average molecular weight is 220 g/mol. The van der Waals surface area contributed by atoms with E-state index in [9.17, 15) is 4.79 Å². The van der Waals surface area contributed by atoms with Crippen molar-refractivity contribution in [3.63, 3.8) is 0 Å². The number of ether oxygens (including phenoxy) is 1. The monoisotopic (exact) mass is 220 g/mol. The molecule has 0 spiro atoms. The van der Waals surface area contributed by atoms with Crippen molar-refractivity contribution in [2.24, 2.45) is 5.73 Å². The van der Waals surface area contributed by atoms with Crippen LogP contribution in [0.4, 0.5) is 5.69 Å². The van der Waals surface area contributed by atoms with Gasteiger partial charge < -0.3 is 15.4 Å². The van der Waals surface area contributed by atoms with Gasteiger partial charge in [0.2, 0.25) is 5.91 Å². The first-order valence-electron chi connectivity index (χ1n) is 5.41. The Morgan fingerprint density at radius 1 is 1.56 bits per heavy atom. The zero-order chi connectivity index (χ0) is 11.5. The van der Waals surface area contributed by atoms with Crippen molar-refractivity contribution in [3.05, 3.63) is 23.8 Å². The number of nitrogens with two attached hydrogens (primary N) is 1. The van der Waals surface area contributed by atoms with E-state index in [2.05, 4.69) is 11.0 Å². The molecule has 0 radical (unpaired) electrons. The molecule has 0 fully saturated rings. The Hall–Kier alpha value is -1.71. The zero-order valence-corrected chi connectivity index (χ0v) is 9.40. The molecule has 0 aliphatic carbocycles. The lowest BCUT2D eigenvalue weighted by Crippen LogP contribution is -2.26. The van der Waals surface area contributed by atoms with Crippen molar-refractivity contribution in [3.8, 4) is 5.75 Å². The molecular formula is C12H16N2O2. The summed E-state index contributed by atoms with van der Waals surface area (Å²) in [7, 11) is 1.67. The lowest BCUT2D eigenvalue weighted by molar-refractivity contribution is -0.117. The van der Waals surface area contributed by atoms with Crippen LogP contribution in [0.5, 0.6) is 5.75 Å². The molecule has 1 aliphatic rings. The summed E-state index contributed by atoms with van der Waals surface area (Å²) < 4.78 is 5.18. The van der Waals surface area contributed by atoms with Gasteiger partial charge in [-0.25, -0.2) is 0 Å². The van der Waals surface area contributed by atoms with Crippen molar-refractivity contribution < 1.29 is 9.53 Å². The summed E-state index contributed by atoms with van der Waals surface area (Å²) in [6, 6.07) is 6.04. The summed E-state index contributed by atoms with van der Waals surface area (Å²) in [5, 5.41) is 0. The fraction of sp³-hybridized carbons (Fsp3) is 0.417. The molecule has 4 nitrogen and oxygen atoms in total. The minimum atomic E-state index is -0.248. The summed E-state index contributed by atoms with van der Waals surface area (Å²) >= 11 is 0. The van der Waals surface area contributed by atoms with E-state index in [0.717, 1.165) is 18.7 Å². The van der Waals surface area contributed by atoms with Crippen molar-refractivity contribution in [2.75, 3.05) is 25.1 Å². The van der Waals surface area contributed by atoms with Gasteiger partial charge in [-0.15, -0.1) is 0 Å². The third kappa shape index (κ3) is 2.10. The molecule has 0 saturated carbocycles.